The summed E-state index contributed by atoms with van der Waals surface area (Å²) in [6.07, 6.45) is 6.27. The Bertz CT molecular complexity index is 1060. The monoisotopic (exact) mass is 432 g/mol. The molecule has 7 nitrogen and oxygen atoms in total. The molecule has 0 saturated carbocycles. The number of Topliss-reactive ketones (excluding diaryl/α,β-unsaturated/α-hetero) is 1. The highest BCUT2D eigenvalue weighted by molar-refractivity contribution is 5.96. The number of morpholine rings is 1. The van der Waals surface area contributed by atoms with Crippen molar-refractivity contribution in [3.8, 4) is 17.0 Å². The molecule has 0 unspecified atom stereocenters. The summed E-state index contributed by atoms with van der Waals surface area (Å²) in [6.45, 7) is 7.63. The zero-order chi connectivity index (χ0) is 22.3. The summed E-state index contributed by atoms with van der Waals surface area (Å²) in [5.74, 6) is 0.741. The number of hydrogen-bond donors (Lipinski definition) is 0. The first-order chi connectivity index (χ1) is 15.7. The first-order valence-electron chi connectivity index (χ1n) is 11.0. The lowest BCUT2D eigenvalue weighted by Crippen LogP contribution is -2.37. The third-order valence-corrected chi connectivity index (χ3v) is 5.42. The zero-order valence-corrected chi connectivity index (χ0v) is 18.6. The van der Waals surface area contributed by atoms with E-state index < -0.39 is 0 Å². The molecule has 1 aliphatic rings. The predicted octanol–water partition coefficient (Wildman–Crippen LogP) is 3.90. The molecule has 166 valence electrons. The Hall–Kier alpha value is -3.32. The number of carbonyl (C=O) groups excluding carboxylic acids is 1. The second-order valence-corrected chi connectivity index (χ2v) is 7.77. The van der Waals surface area contributed by atoms with Crippen molar-refractivity contribution in [2.45, 2.75) is 26.7 Å². The van der Waals surface area contributed by atoms with E-state index in [2.05, 4.69) is 26.8 Å². The summed E-state index contributed by atoms with van der Waals surface area (Å²) in [7, 11) is 0. The Morgan fingerprint density at radius 1 is 1.12 bits per heavy atom. The number of ketones is 1. The van der Waals surface area contributed by atoms with E-state index in [0.29, 0.717) is 31.2 Å². The van der Waals surface area contributed by atoms with Gasteiger partial charge in [0.2, 0.25) is 0 Å². The van der Waals surface area contributed by atoms with Gasteiger partial charge in [-0.25, -0.2) is 4.98 Å². The van der Waals surface area contributed by atoms with Crippen LogP contribution >= 0.6 is 0 Å². The van der Waals surface area contributed by atoms with Crippen LogP contribution in [0.4, 0.5) is 5.69 Å². The maximum absolute atomic E-state index is 13.1. The Labute approximate surface area is 188 Å². The molecule has 0 bridgehead atoms. The number of ether oxygens (including phenoxy) is 2. The van der Waals surface area contributed by atoms with E-state index in [0.717, 1.165) is 47.8 Å². The van der Waals surface area contributed by atoms with Crippen molar-refractivity contribution in [3.05, 3.63) is 65.9 Å². The summed E-state index contributed by atoms with van der Waals surface area (Å²) in [5.41, 5.74) is 4.66. The summed E-state index contributed by atoms with van der Waals surface area (Å²) >= 11 is 0. The minimum Gasteiger partial charge on any atom is -0.494 e. The number of benzene rings is 1. The summed E-state index contributed by atoms with van der Waals surface area (Å²) in [5, 5.41) is 0. The molecule has 0 radical (unpaired) electrons. The van der Waals surface area contributed by atoms with Crippen molar-refractivity contribution in [2.75, 3.05) is 37.8 Å². The van der Waals surface area contributed by atoms with E-state index in [1.54, 1.807) is 18.6 Å². The molecule has 7 heteroatoms. The van der Waals surface area contributed by atoms with Gasteiger partial charge in [0.05, 0.1) is 37.4 Å². The van der Waals surface area contributed by atoms with Crippen LogP contribution in [-0.2, 0) is 11.2 Å². The molecule has 0 atom stereocenters. The number of aryl methyl sites for hydroxylation is 1. The molecule has 4 rings (SSSR count). The molecule has 1 aromatic carbocycles. The van der Waals surface area contributed by atoms with Crippen molar-refractivity contribution < 1.29 is 14.3 Å². The quantitative estimate of drug-likeness (QED) is 0.500. The van der Waals surface area contributed by atoms with Crippen LogP contribution in [0.25, 0.3) is 11.3 Å². The fourth-order valence-corrected chi connectivity index (χ4v) is 3.72. The van der Waals surface area contributed by atoms with Gasteiger partial charge in [0.1, 0.15) is 11.4 Å². The highest BCUT2D eigenvalue weighted by Crippen LogP contribution is 2.25. The van der Waals surface area contributed by atoms with Crippen molar-refractivity contribution in [1.29, 1.82) is 0 Å². The number of hydrogen-bond acceptors (Lipinski definition) is 7. The number of aromatic nitrogens is 3. The van der Waals surface area contributed by atoms with E-state index in [4.69, 9.17) is 9.47 Å². The Morgan fingerprint density at radius 2 is 1.91 bits per heavy atom. The van der Waals surface area contributed by atoms with Crippen molar-refractivity contribution in [1.82, 2.24) is 15.0 Å². The summed E-state index contributed by atoms with van der Waals surface area (Å²) in [6, 6.07) is 9.71. The average molecular weight is 433 g/mol. The normalized spacial score (nSPS) is 13.8. The third kappa shape index (κ3) is 5.11. The molecule has 0 spiro atoms. The minimum atomic E-state index is -0.0795. The third-order valence-electron chi connectivity index (χ3n) is 5.42. The van der Waals surface area contributed by atoms with E-state index in [-0.39, 0.29) is 12.2 Å². The van der Waals surface area contributed by atoms with Crippen LogP contribution in [0.2, 0.25) is 0 Å². The lowest BCUT2D eigenvalue weighted by Gasteiger charge is -2.30. The predicted molar refractivity (Wildman–Crippen MR) is 123 cm³/mol. The average Bonchev–Trinajstić information content (AvgIpc) is 2.84. The van der Waals surface area contributed by atoms with Crippen molar-refractivity contribution in [3.63, 3.8) is 0 Å². The van der Waals surface area contributed by atoms with E-state index in [1.807, 2.05) is 37.3 Å². The molecule has 2 aromatic heterocycles. The fraction of sp³-hybridized carbons (Fsp3) is 0.360. The van der Waals surface area contributed by atoms with Crippen molar-refractivity contribution >= 4 is 11.5 Å². The van der Waals surface area contributed by atoms with Gasteiger partial charge in [-0.1, -0.05) is 6.92 Å². The maximum atomic E-state index is 13.1. The molecular weight excluding hydrogens is 404 g/mol. The Morgan fingerprint density at radius 3 is 2.66 bits per heavy atom. The van der Waals surface area contributed by atoms with Gasteiger partial charge in [-0.2, -0.15) is 0 Å². The van der Waals surface area contributed by atoms with Gasteiger partial charge in [-0.15, -0.1) is 0 Å². The van der Waals surface area contributed by atoms with E-state index in [1.165, 1.54) is 0 Å². The molecule has 3 aromatic rings. The minimum absolute atomic E-state index is 0.0795. The van der Waals surface area contributed by atoms with Crippen LogP contribution in [0.15, 0.2) is 48.9 Å². The number of nitrogens with zero attached hydrogens (tertiary/aromatic N) is 4. The molecule has 0 amide bonds. The van der Waals surface area contributed by atoms with Gasteiger partial charge in [-0.3, -0.25) is 14.8 Å². The largest absolute Gasteiger partial charge is 0.494 e. The molecule has 1 fully saturated rings. The number of pyridine rings is 1. The van der Waals surface area contributed by atoms with Crippen LogP contribution < -0.4 is 9.64 Å². The molecule has 0 aliphatic carbocycles. The first kappa shape index (κ1) is 21.9. The Kier molecular flexibility index (Phi) is 7.07. The molecule has 32 heavy (non-hydrogen) atoms. The number of anilines is 1. The van der Waals surface area contributed by atoms with Gasteiger partial charge >= 0.3 is 0 Å². The smallest absolute Gasteiger partial charge is 0.187 e. The van der Waals surface area contributed by atoms with Gasteiger partial charge in [0, 0.05) is 48.7 Å². The van der Waals surface area contributed by atoms with Crippen LogP contribution in [-0.4, -0.2) is 53.6 Å². The SMILES string of the molecule is CCCOc1ccc(-c2nc(C(=O)Cc3cnccc3N3CCOCC3)cnc2C)cc1. The summed E-state index contributed by atoms with van der Waals surface area (Å²) in [4.78, 5) is 28.7. The molecule has 1 aliphatic heterocycles. The maximum Gasteiger partial charge on any atom is 0.187 e. The van der Waals surface area contributed by atoms with Gasteiger partial charge in [0.15, 0.2) is 5.78 Å². The van der Waals surface area contributed by atoms with Crippen LogP contribution in [0, 0.1) is 6.92 Å². The molecule has 0 N–H and O–H groups in total. The van der Waals surface area contributed by atoms with Gasteiger partial charge in [0.25, 0.3) is 0 Å². The fourth-order valence-electron chi connectivity index (χ4n) is 3.72. The lowest BCUT2D eigenvalue weighted by molar-refractivity contribution is 0.0987. The molecular formula is C25H28N4O3. The zero-order valence-electron chi connectivity index (χ0n) is 18.6. The first-order valence-corrected chi connectivity index (χ1v) is 11.0. The van der Waals surface area contributed by atoms with Crippen molar-refractivity contribution in [2.24, 2.45) is 0 Å². The molecule has 3 heterocycles. The number of carbonyl (C=O) groups is 1. The van der Waals surface area contributed by atoms with Crippen LogP contribution in [0.3, 0.4) is 0 Å². The second-order valence-electron chi connectivity index (χ2n) is 7.77. The number of rotatable bonds is 8. The van der Waals surface area contributed by atoms with Crippen LogP contribution in [0.1, 0.15) is 35.1 Å². The Balaban J connectivity index is 1.54. The second kappa shape index (κ2) is 10.3. The standard InChI is InChI=1S/C25H28N4O3/c1-3-12-32-21-6-4-19(5-7-21)25-18(2)27-17-22(28-25)24(30)15-20-16-26-9-8-23(20)29-10-13-31-14-11-29/h4-9,16-17H,3,10-15H2,1-2H3. The van der Waals surface area contributed by atoms with Gasteiger partial charge in [-0.05, 0) is 43.7 Å². The molecule has 1 saturated heterocycles. The van der Waals surface area contributed by atoms with Crippen LogP contribution in [0.5, 0.6) is 5.75 Å². The van der Waals surface area contributed by atoms with E-state index >= 15 is 0 Å². The van der Waals surface area contributed by atoms with E-state index in [9.17, 15) is 4.79 Å². The topological polar surface area (TPSA) is 77.4 Å². The highest BCUT2D eigenvalue weighted by atomic mass is 16.5. The summed E-state index contributed by atoms with van der Waals surface area (Å²) < 4.78 is 11.1. The highest BCUT2D eigenvalue weighted by Gasteiger charge is 2.19. The van der Waals surface area contributed by atoms with Gasteiger partial charge < -0.3 is 14.4 Å². The lowest BCUT2D eigenvalue weighted by atomic mass is 10.1.